The predicted octanol–water partition coefficient (Wildman–Crippen LogP) is 4.52. The van der Waals surface area contributed by atoms with Crippen molar-refractivity contribution >= 4 is 0 Å². The zero-order chi connectivity index (χ0) is 19.2. The number of allylic oxidation sites excluding steroid dienone is 9. The summed E-state index contributed by atoms with van der Waals surface area (Å²) in [6.07, 6.45) is 17.0. The zero-order valence-electron chi connectivity index (χ0n) is 15.8. The molecule has 0 atom stereocenters. The molecule has 0 aliphatic heterocycles. The van der Waals surface area contributed by atoms with Gasteiger partial charge in [0.05, 0.1) is 12.2 Å². The van der Waals surface area contributed by atoms with Crippen LogP contribution >= 0.6 is 0 Å². The molecule has 1 heterocycles. The Kier molecular flexibility index (Phi) is 10.2. The molecule has 4 nitrogen and oxygen atoms in total. The van der Waals surface area contributed by atoms with Gasteiger partial charge < -0.3 is 10.1 Å². The maximum absolute atomic E-state index is 6.00. The largest absolute Gasteiger partial charge is 0.473 e. The van der Waals surface area contributed by atoms with Crippen molar-refractivity contribution in [1.29, 1.82) is 0 Å². The highest BCUT2D eigenvalue weighted by Gasteiger charge is 2.10. The first-order valence-electron chi connectivity index (χ1n) is 8.57. The van der Waals surface area contributed by atoms with Crippen molar-refractivity contribution in [2.24, 2.45) is 0 Å². The fraction of sp³-hybridized carbons (Fsp3) is 0.227. The quantitative estimate of drug-likeness (QED) is 0.563. The van der Waals surface area contributed by atoms with Crippen LogP contribution in [0.5, 0.6) is 5.88 Å². The Balaban J connectivity index is 3.04. The van der Waals surface area contributed by atoms with Crippen molar-refractivity contribution in [3.05, 3.63) is 97.3 Å². The van der Waals surface area contributed by atoms with Crippen LogP contribution in [0.25, 0.3) is 0 Å². The Bertz CT molecular complexity index is 718. The molecule has 0 spiro atoms. The van der Waals surface area contributed by atoms with Gasteiger partial charge in [0.25, 0.3) is 0 Å². The summed E-state index contributed by atoms with van der Waals surface area (Å²) < 4.78 is 7.85. The Morgan fingerprint density at radius 1 is 1.19 bits per heavy atom. The van der Waals surface area contributed by atoms with Gasteiger partial charge in [-0.15, -0.1) is 0 Å². The number of nitrogens with zero attached hydrogens (tertiary/aromatic N) is 2. The minimum atomic E-state index is 0.432. The maximum atomic E-state index is 6.00. The van der Waals surface area contributed by atoms with E-state index in [1.165, 1.54) is 0 Å². The summed E-state index contributed by atoms with van der Waals surface area (Å²) in [5, 5.41) is 7.75. The minimum Gasteiger partial charge on any atom is -0.473 e. The summed E-state index contributed by atoms with van der Waals surface area (Å²) in [4.78, 5) is 0. The summed E-state index contributed by atoms with van der Waals surface area (Å²) >= 11 is 0. The number of ether oxygens (including phenoxy) is 1. The molecule has 4 heteroatoms. The Hall–Kier alpha value is -2.85. The highest BCUT2D eigenvalue weighted by atomic mass is 16.5. The van der Waals surface area contributed by atoms with Crippen LogP contribution in [0.3, 0.4) is 0 Å². The number of hydrogen-bond donors (Lipinski definition) is 1. The van der Waals surface area contributed by atoms with Crippen LogP contribution in [0.2, 0.25) is 0 Å². The minimum absolute atomic E-state index is 0.432. The lowest BCUT2D eigenvalue weighted by Crippen LogP contribution is -2.09. The lowest BCUT2D eigenvalue weighted by Gasteiger charge is -2.10. The highest BCUT2D eigenvalue weighted by molar-refractivity contribution is 5.28. The average molecular weight is 351 g/mol. The summed E-state index contributed by atoms with van der Waals surface area (Å²) in [6, 6.07) is 1.95. The third-order valence-corrected chi connectivity index (χ3v) is 3.41. The van der Waals surface area contributed by atoms with E-state index in [0.717, 1.165) is 16.8 Å². The molecular weight excluding hydrogens is 322 g/mol. The highest BCUT2D eigenvalue weighted by Crippen LogP contribution is 2.17. The third kappa shape index (κ3) is 7.36. The molecule has 1 aromatic heterocycles. The molecule has 0 radical (unpaired) electrons. The summed E-state index contributed by atoms with van der Waals surface area (Å²) in [7, 11) is 1.89. The van der Waals surface area contributed by atoms with E-state index < -0.39 is 0 Å². The second-order valence-electron chi connectivity index (χ2n) is 5.49. The number of aromatic nitrogens is 2. The van der Waals surface area contributed by atoms with Gasteiger partial charge in [-0.1, -0.05) is 74.4 Å². The standard InChI is InChI=1S/C22H29N3O/c1-6-10-13-19(9-4)18-26-22-15-21(16-23-5)24-25(22)17-20(12-8-3)14-11-7-2/h6-15,23H,2-4,16-18H2,1,5H3/b10-6-,14-11-,19-13+,20-12+. The van der Waals surface area contributed by atoms with E-state index in [9.17, 15) is 0 Å². The fourth-order valence-corrected chi connectivity index (χ4v) is 2.18. The van der Waals surface area contributed by atoms with E-state index in [-0.39, 0.29) is 0 Å². The molecular formula is C22H29N3O. The summed E-state index contributed by atoms with van der Waals surface area (Å²) in [6.45, 7) is 15.0. The molecule has 0 fully saturated rings. The number of hydrogen-bond acceptors (Lipinski definition) is 3. The molecule has 0 unspecified atom stereocenters. The van der Waals surface area contributed by atoms with E-state index in [1.807, 2.05) is 61.2 Å². The second-order valence-corrected chi connectivity index (χ2v) is 5.49. The van der Waals surface area contributed by atoms with Gasteiger partial charge in [0.1, 0.15) is 6.61 Å². The van der Waals surface area contributed by atoms with Crippen LogP contribution in [-0.4, -0.2) is 23.4 Å². The van der Waals surface area contributed by atoms with E-state index in [0.29, 0.717) is 25.6 Å². The average Bonchev–Trinajstić information content (AvgIpc) is 3.01. The smallest absolute Gasteiger partial charge is 0.212 e. The Labute approximate surface area is 157 Å². The Morgan fingerprint density at radius 2 is 2.00 bits per heavy atom. The van der Waals surface area contributed by atoms with Crippen molar-refractivity contribution in [2.75, 3.05) is 13.7 Å². The lowest BCUT2D eigenvalue weighted by molar-refractivity contribution is 0.318. The summed E-state index contributed by atoms with van der Waals surface area (Å²) in [5.74, 6) is 0.713. The van der Waals surface area contributed by atoms with Gasteiger partial charge in [-0.3, -0.25) is 0 Å². The van der Waals surface area contributed by atoms with Gasteiger partial charge >= 0.3 is 0 Å². The second kappa shape index (κ2) is 12.5. The molecule has 0 bridgehead atoms. The first kappa shape index (κ1) is 21.2. The van der Waals surface area contributed by atoms with Crippen LogP contribution in [0.15, 0.2) is 91.6 Å². The van der Waals surface area contributed by atoms with Crippen molar-refractivity contribution in [3.8, 4) is 5.88 Å². The molecule has 0 saturated carbocycles. The third-order valence-electron chi connectivity index (χ3n) is 3.41. The molecule has 0 aliphatic rings. The van der Waals surface area contributed by atoms with Crippen LogP contribution in [-0.2, 0) is 13.1 Å². The van der Waals surface area contributed by atoms with E-state index in [1.54, 1.807) is 18.2 Å². The normalized spacial score (nSPS) is 12.7. The van der Waals surface area contributed by atoms with Gasteiger partial charge in [-0.2, -0.15) is 5.10 Å². The molecule has 0 aliphatic carbocycles. The molecule has 0 aromatic carbocycles. The summed E-state index contributed by atoms with van der Waals surface area (Å²) in [5.41, 5.74) is 2.97. The van der Waals surface area contributed by atoms with Crippen molar-refractivity contribution in [3.63, 3.8) is 0 Å². The molecule has 26 heavy (non-hydrogen) atoms. The molecule has 1 aromatic rings. The van der Waals surface area contributed by atoms with Crippen LogP contribution in [0.4, 0.5) is 0 Å². The Morgan fingerprint density at radius 3 is 2.62 bits per heavy atom. The van der Waals surface area contributed by atoms with Gasteiger partial charge in [-0.05, 0) is 25.1 Å². The van der Waals surface area contributed by atoms with Gasteiger partial charge in [0, 0.05) is 12.6 Å². The molecule has 1 N–H and O–H groups in total. The van der Waals surface area contributed by atoms with Gasteiger partial charge in [0.2, 0.25) is 5.88 Å². The molecule has 1 rings (SSSR count). The molecule has 0 saturated heterocycles. The van der Waals surface area contributed by atoms with E-state index in [2.05, 4.69) is 30.2 Å². The zero-order valence-corrected chi connectivity index (χ0v) is 15.8. The van der Waals surface area contributed by atoms with E-state index >= 15 is 0 Å². The number of nitrogens with one attached hydrogen (secondary N) is 1. The first-order valence-corrected chi connectivity index (χ1v) is 8.57. The predicted molar refractivity (Wildman–Crippen MR) is 111 cm³/mol. The van der Waals surface area contributed by atoms with E-state index in [4.69, 9.17) is 4.74 Å². The maximum Gasteiger partial charge on any atom is 0.212 e. The van der Waals surface area contributed by atoms with Crippen LogP contribution in [0.1, 0.15) is 12.6 Å². The van der Waals surface area contributed by atoms with Crippen LogP contribution < -0.4 is 10.1 Å². The lowest BCUT2D eigenvalue weighted by atomic mass is 10.2. The molecule has 0 amide bonds. The van der Waals surface area contributed by atoms with Crippen molar-refractivity contribution in [2.45, 2.75) is 20.0 Å². The monoisotopic (exact) mass is 351 g/mol. The first-order chi connectivity index (χ1) is 12.7. The van der Waals surface area contributed by atoms with Crippen LogP contribution in [0, 0.1) is 0 Å². The SMILES string of the molecule is C=C/C=C\C(=C/C=C)Cn1nc(CNC)cc1OC/C(C=C)=C/C=C\C. The fourth-order valence-electron chi connectivity index (χ4n) is 2.18. The molecule has 138 valence electrons. The van der Waals surface area contributed by atoms with Crippen molar-refractivity contribution in [1.82, 2.24) is 15.1 Å². The number of rotatable bonds is 12. The topological polar surface area (TPSA) is 39.1 Å². The van der Waals surface area contributed by atoms with Crippen molar-refractivity contribution < 1.29 is 4.74 Å². The van der Waals surface area contributed by atoms with Gasteiger partial charge in [-0.25, -0.2) is 4.68 Å². The van der Waals surface area contributed by atoms with Gasteiger partial charge in [0.15, 0.2) is 0 Å².